The van der Waals surface area contributed by atoms with E-state index in [-0.39, 0.29) is 18.4 Å². The average molecular weight is 348 g/mol. The van der Waals surface area contributed by atoms with Crippen LogP contribution in [0.25, 0.3) is 10.9 Å². The first-order valence-corrected chi connectivity index (χ1v) is 8.68. The Balaban J connectivity index is 1.60. The molecule has 2 heterocycles. The minimum atomic E-state index is -0.390. The molecule has 132 valence electrons. The first-order valence-electron chi connectivity index (χ1n) is 8.68. The number of hydrogen-bond donors (Lipinski definition) is 0. The number of methoxy groups -OCH3 is 1. The van der Waals surface area contributed by atoms with Gasteiger partial charge in [-0.1, -0.05) is 42.5 Å². The normalized spacial score (nSPS) is 13.5. The first-order chi connectivity index (χ1) is 12.7. The van der Waals surface area contributed by atoms with Crippen molar-refractivity contribution in [1.29, 1.82) is 0 Å². The van der Waals surface area contributed by atoms with Crippen LogP contribution in [0.3, 0.4) is 0 Å². The van der Waals surface area contributed by atoms with Crippen LogP contribution in [0.4, 0.5) is 0 Å². The lowest BCUT2D eigenvalue weighted by Crippen LogP contribution is -2.37. The molecule has 26 heavy (non-hydrogen) atoms. The molecule has 3 aromatic rings. The molecule has 5 nitrogen and oxygen atoms in total. The molecule has 4 rings (SSSR count). The monoisotopic (exact) mass is 348 g/mol. The maximum Gasteiger partial charge on any atom is 0.340 e. The molecule has 0 aliphatic carbocycles. The van der Waals surface area contributed by atoms with Crippen LogP contribution in [0, 0.1) is 0 Å². The third-order valence-electron chi connectivity index (χ3n) is 4.98. The maximum atomic E-state index is 12.9. The average Bonchev–Trinajstić information content (AvgIpc) is 3.05. The van der Waals surface area contributed by atoms with Gasteiger partial charge >= 0.3 is 5.97 Å². The molecule has 0 N–H and O–H groups in total. The lowest BCUT2D eigenvalue weighted by atomic mass is 10.00. The number of rotatable bonds is 3. The molecule has 5 heteroatoms. The summed E-state index contributed by atoms with van der Waals surface area (Å²) in [5.74, 6) is -0.337. The van der Waals surface area contributed by atoms with E-state index in [9.17, 15) is 9.59 Å². The Kier molecular flexibility index (Phi) is 4.21. The second-order valence-electron chi connectivity index (χ2n) is 6.51. The third-order valence-corrected chi connectivity index (χ3v) is 4.98. The van der Waals surface area contributed by atoms with Crippen LogP contribution in [-0.4, -0.2) is 35.0 Å². The van der Waals surface area contributed by atoms with Crippen molar-refractivity contribution in [3.05, 3.63) is 71.4 Å². The van der Waals surface area contributed by atoms with Crippen molar-refractivity contribution in [2.75, 3.05) is 13.7 Å². The standard InChI is InChI=1S/C21H20N2O3/c1-26-21(25)18-13-23(19-9-5-4-8-17(18)19)14-20(24)22-11-10-15-6-2-3-7-16(15)12-22/h2-9,13H,10-12,14H2,1H3. The van der Waals surface area contributed by atoms with E-state index < -0.39 is 0 Å². The number of benzene rings is 2. The Labute approximate surface area is 151 Å². The Morgan fingerprint density at radius 3 is 2.58 bits per heavy atom. The van der Waals surface area contributed by atoms with E-state index in [1.165, 1.54) is 18.2 Å². The first kappa shape index (κ1) is 16.4. The van der Waals surface area contributed by atoms with Crippen LogP contribution in [0.2, 0.25) is 0 Å². The zero-order valence-electron chi connectivity index (χ0n) is 14.6. The number of hydrogen-bond acceptors (Lipinski definition) is 3. The predicted molar refractivity (Wildman–Crippen MR) is 98.8 cm³/mol. The predicted octanol–water partition coefficient (Wildman–Crippen LogP) is 3.01. The van der Waals surface area contributed by atoms with Crippen molar-refractivity contribution < 1.29 is 14.3 Å². The summed E-state index contributed by atoms with van der Waals surface area (Å²) >= 11 is 0. The van der Waals surface area contributed by atoms with E-state index in [0.29, 0.717) is 12.1 Å². The Morgan fingerprint density at radius 2 is 1.77 bits per heavy atom. The molecule has 0 spiro atoms. The zero-order valence-corrected chi connectivity index (χ0v) is 14.6. The van der Waals surface area contributed by atoms with Crippen molar-refractivity contribution >= 4 is 22.8 Å². The second kappa shape index (κ2) is 6.67. The second-order valence-corrected chi connectivity index (χ2v) is 6.51. The smallest absolute Gasteiger partial charge is 0.340 e. The van der Waals surface area contributed by atoms with Crippen LogP contribution in [0.1, 0.15) is 21.5 Å². The lowest BCUT2D eigenvalue weighted by Gasteiger charge is -2.29. The number of aromatic nitrogens is 1. The summed E-state index contributed by atoms with van der Waals surface area (Å²) in [6.45, 7) is 1.57. The van der Waals surface area contributed by atoms with Crippen molar-refractivity contribution in [3.8, 4) is 0 Å². The number of para-hydroxylation sites is 1. The van der Waals surface area contributed by atoms with Gasteiger partial charge in [-0.3, -0.25) is 4.79 Å². The molecular weight excluding hydrogens is 328 g/mol. The largest absolute Gasteiger partial charge is 0.465 e. The summed E-state index contributed by atoms with van der Waals surface area (Å²) in [7, 11) is 1.37. The zero-order chi connectivity index (χ0) is 18.1. The summed E-state index contributed by atoms with van der Waals surface area (Å²) < 4.78 is 6.71. The fourth-order valence-corrected chi connectivity index (χ4v) is 3.60. The van der Waals surface area contributed by atoms with Gasteiger partial charge in [0.05, 0.1) is 12.7 Å². The Hall–Kier alpha value is -3.08. The van der Waals surface area contributed by atoms with Gasteiger partial charge in [0.15, 0.2) is 0 Å². The van der Waals surface area contributed by atoms with Crippen molar-refractivity contribution in [2.45, 2.75) is 19.5 Å². The van der Waals surface area contributed by atoms with E-state index in [4.69, 9.17) is 4.74 Å². The highest BCUT2D eigenvalue weighted by molar-refractivity contribution is 6.04. The minimum absolute atomic E-state index is 0.0525. The molecule has 0 atom stereocenters. The van der Waals surface area contributed by atoms with Gasteiger partial charge in [0.25, 0.3) is 0 Å². The van der Waals surface area contributed by atoms with Gasteiger partial charge in [-0.15, -0.1) is 0 Å². The topological polar surface area (TPSA) is 51.5 Å². The van der Waals surface area contributed by atoms with Crippen molar-refractivity contribution in [2.24, 2.45) is 0 Å². The summed E-state index contributed by atoms with van der Waals surface area (Å²) in [5.41, 5.74) is 3.87. The molecule has 1 aliphatic heterocycles. The van der Waals surface area contributed by atoms with Crippen LogP contribution in [0.5, 0.6) is 0 Å². The maximum absolute atomic E-state index is 12.9. The molecule has 1 aromatic heterocycles. The minimum Gasteiger partial charge on any atom is -0.465 e. The van der Waals surface area contributed by atoms with E-state index in [1.807, 2.05) is 45.9 Å². The Morgan fingerprint density at radius 1 is 1.04 bits per heavy atom. The quantitative estimate of drug-likeness (QED) is 0.684. The molecule has 1 aliphatic rings. The number of amides is 1. The number of carbonyl (C=O) groups is 2. The lowest BCUT2D eigenvalue weighted by molar-refractivity contribution is -0.132. The molecule has 0 radical (unpaired) electrons. The molecule has 0 bridgehead atoms. The van der Waals surface area contributed by atoms with Gasteiger partial charge in [0, 0.05) is 30.2 Å². The van der Waals surface area contributed by atoms with Crippen LogP contribution in [-0.2, 0) is 29.0 Å². The fourth-order valence-electron chi connectivity index (χ4n) is 3.60. The number of nitrogens with zero attached hydrogens (tertiary/aromatic N) is 2. The van der Waals surface area contributed by atoms with E-state index in [0.717, 1.165) is 23.9 Å². The summed E-state index contributed by atoms with van der Waals surface area (Å²) in [6, 6.07) is 15.8. The third kappa shape index (κ3) is 2.86. The van der Waals surface area contributed by atoms with Gasteiger partial charge in [-0.25, -0.2) is 4.79 Å². The van der Waals surface area contributed by atoms with E-state index in [2.05, 4.69) is 12.1 Å². The molecule has 0 fully saturated rings. The summed E-state index contributed by atoms with van der Waals surface area (Å²) in [4.78, 5) is 26.8. The SMILES string of the molecule is COC(=O)c1cn(CC(=O)N2CCc3ccccc3C2)c2ccccc12. The van der Waals surface area contributed by atoms with Crippen LogP contribution >= 0.6 is 0 Å². The molecular formula is C21H20N2O3. The van der Waals surface area contributed by atoms with E-state index in [1.54, 1.807) is 6.20 Å². The Bertz CT molecular complexity index is 990. The van der Waals surface area contributed by atoms with E-state index >= 15 is 0 Å². The van der Waals surface area contributed by atoms with Crippen molar-refractivity contribution in [1.82, 2.24) is 9.47 Å². The molecule has 0 saturated heterocycles. The highest BCUT2D eigenvalue weighted by atomic mass is 16.5. The van der Waals surface area contributed by atoms with Crippen LogP contribution < -0.4 is 0 Å². The van der Waals surface area contributed by atoms with Crippen molar-refractivity contribution in [3.63, 3.8) is 0 Å². The number of ether oxygens (including phenoxy) is 1. The van der Waals surface area contributed by atoms with Gasteiger partial charge in [0.2, 0.25) is 5.91 Å². The molecule has 1 amide bonds. The molecule has 0 unspecified atom stereocenters. The fraction of sp³-hybridized carbons (Fsp3) is 0.238. The number of fused-ring (bicyclic) bond motifs is 2. The van der Waals surface area contributed by atoms with Gasteiger partial charge in [-0.2, -0.15) is 0 Å². The number of esters is 1. The highest BCUT2D eigenvalue weighted by Gasteiger charge is 2.22. The molecule has 0 saturated carbocycles. The van der Waals surface area contributed by atoms with Crippen LogP contribution in [0.15, 0.2) is 54.7 Å². The summed E-state index contributed by atoms with van der Waals surface area (Å²) in [5, 5.41) is 0.802. The van der Waals surface area contributed by atoms with Gasteiger partial charge in [0.1, 0.15) is 6.54 Å². The van der Waals surface area contributed by atoms with Gasteiger partial charge in [-0.05, 0) is 23.6 Å². The number of carbonyl (C=O) groups excluding carboxylic acids is 2. The van der Waals surface area contributed by atoms with Gasteiger partial charge < -0.3 is 14.2 Å². The summed E-state index contributed by atoms with van der Waals surface area (Å²) in [6.07, 6.45) is 2.59. The molecule has 2 aromatic carbocycles. The highest BCUT2D eigenvalue weighted by Crippen LogP contribution is 2.23.